The molecule has 3 amide bonds. The summed E-state index contributed by atoms with van der Waals surface area (Å²) in [6.07, 6.45) is 4.91. The zero-order chi connectivity index (χ0) is 14.7. The lowest BCUT2D eigenvalue weighted by Crippen LogP contribution is -2.46. The number of hydrogen-bond donors (Lipinski definition) is 4. The van der Waals surface area contributed by atoms with Crippen LogP contribution in [0.5, 0.6) is 0 Å². The summed E-state index contributed by atoms with van der Waals surface area (Å²) in [6.45, 7) is 0.375. The minimum absolute atomic E-state index is 0.0378. The topological polar surface area (TPSA) is 122 Å². The van der Waals surface area contributed by atoms with E-state index in [1.165, 1.54) is 11.8 Å². The minimum atomic E-state index is -1.21. The number of carbonyl (C=O) groups excluding carboxylic acids is 2. The van der Waals surface area contributed by atoms with Crippen molar-refractivity contribution in [1.82, 2.24) is 10.6 Å². The summed E-state index contributed by atoms with van der Waals surface area (Å²) < 4.78 is 0. The summed E-state index contributed by atoms with van der Waals surface area (Å²) in [5, 5.41) is 13.6. The third-order valence-corrected chi connectivity index (χ3v) is 2.86. The number of carboxylic acid groups (broad SMARTS) is 1. The van der Waals surface area contributed by atoms with Gasteiger partial charge in [-0.1, -0.05) is 5.92 Å². The number of urea groups is 1. The van der Waals surface area contributed by atoms with Gasteiger partial charge in [-0.25, -0.2) is 9.59 Å². The number of terminal acetylenes is 1. The monoisotopic (exact) mass is 287 g/mol. The molecule has 0 spiro atoms. The zero-order valence-electron chi connectivity index (χ0n) is 10.3. The molecule has 0 fully saturated rings. The summed E-state index contributed by atoms with van der Waals surface area (Å²) in [5.74, 6) is 1.81. The lowest BCUT2D eigenvalue weighted by Gasteiger charge is -2.14. The summed E-state index contributed by atoms with van der Waals surface area (Å²) in [7, 11) is 0. The molecule has 0 saturated heterocycles. The van der Waals surface area contributed by atoms with Crippen molar-refractivity contribution in [2.45, 2.75) is 18.9 Å². The van der Waals surface area contributed by atoms with Gasteiger partial charge in [0, 0.05) is 18.7 Å². The molecule has 19 heavy (non-hydrogen) atoms. The van der Waals surface area contributed by atoms with Gasteiger partial charge in [0.25, 0.3) is 0 Å². The highest BCUT2D eigenvalue weighted by Crippen LogP contribution is 1.98. The van der Waals surface area contributed by atoms with Crippen LogP contribution >= 0.6 is 11.8 Å². The number of carboxylic acids is 1. The number of carbonyl (C=O) groups is 3. The maximum Gasteiger partial charge on any atom is 0.326 e. The van der Waals surface area contributed by atoms with Crippen LogP contribution in [-0.4, -0.2) is 47.1 Å². The Kier molecular flexibility index (Phi) is 9.08. The second-order valence-electron chi connectivity index (χ2n) is 3.55. The molecule has 7 nitrogen and oxygen atoms in total. The maximum absolute atomic E-state index is 11.4. The van der Waals surface area contributed by atoms with Crippen LogP contribution in [0, 0.1) is 12.3 Å². The molecule has 8 heteroatoms. The SMILES string of the molecule is C#CCSCCNC(=O)N[C@H](CCC(N)=O)C(=O)O. The van der Waals surface area contributed by atoms with Crippen LogP contribution in [0.25, 0.3) is 0 Å². The van der Waals surface area contributed by atoms with Crippen LogP contribution < -0.4 is 16.4 Å². The van der Waals surface area contributed by atoms with E-state index in [2.05, 4.69) is 16.6 Å². The molecular weight excluding hydrogens is 270 g/mol. The summed E-state index contributed by atoms with van der Waals surface area (Å²) in [5.41, 5.74) is 4.92. The van der Waals surface area contributed by atoms with E-state index in [4.69, 9.17) is 17.3 Å². The second kappa shape index (κ2) is 10.1. The van der Waals surface area contributed by atoms with Crippen LogP contribution in [0.4, 0.5) is 4.79 Å². The molecule has 0 aromatic rings. The van der Waals surface area contributed by atoms with E-state index in [9.17, 15) is 14.4 Å². The van der Waals surface area contributed by atoms with Gasteiger partial charge in [-0.2, -0.15) is 0 Å². The largest absolute Gasteiger partial charge is 0.480 e. The summed E-state index contributed by atoms with van der Waals surface area (Å²) >= 11 is 1.48. The van der Waals surface area contributed by atoms with Gasteiger partial charge < -0.3 is 21.5 Å². The molecule has 0 aliphatic rings. The molecule has 0 aliphatic carbocycles. The van der Waals surface area contributed by atoms with Gasteiger partial charge in [-0.3, -0.25) is 4.79 Å². The van der Waals surface area contributed by atoms with Crippen molar-refractivity contribution in [3.05, 3.63) is 0 Å². The van der Waals surface area contributed by atoms with Crippen molar-refractivity contribution in [2.24, 2.45) is 5.73 Å². The van der Waals surface area contributed by atoms with Crippen LogP contribution in [-0.2, 0) is 9.59 Å². The van der Waals surface area contributed by atoms with Crippen molar-refractivity contribution in [3.8, 4) is 12.3 Å². The average molecular weight is 287 g/mol. The van der Waals surface area contributed by atoms with E-state index in [1.54, 1.807) is 0 Å². The van der Waals surface area contributed by atoms with Crippen LogP contribution in [0.2, 0.25) is 0 Å². The first-order valence-electron chi connectivity index (χ1n) is 5.54. The molecular formula is C11H17N3O4S. The van der Waals surface area contributed by atoms with E-state index < -0.39 is 23.9 Å². The third kappa shape index (κ3) is 9.79. The molecule has 0 aromatic carbocycles. The lowest BCUT2D eigenvalue weighted by molar-refractivity contribution is -0.139. The zero-order valence-corrected chi connectivity index (χ0v) is 11.2. The fourth-order valence-corrected chi connectivity index (χ4v) is 1.63. The number of amides is 3. The fraction of sp³-hybridized carbons (Fsp3) is 0.545. The van der Waals surface area contributed by atoms with E-state index in [1.807, 2.05) is 0 Å². The molecule has 0 radical (unpaired) electrons. The van der Waals surface area contributed by atoms with Crippen LogP contribution in [0.15, 0.2) is 0 Å². The standard InChI is InChI=1S/C11H17N3O4S/c1-2-6-19-7-5-13-11(18)14-8(10(16)17)3-4-9(12)15/h1,8H,3-7H2,(H2,12,15)(H,16,17)(H2,13,14,18)/t8-/m1/s1. The smallest absolute Gasteiger partial charge is 0.326 e. The Morgan fingerprint density at radius 1 is 1.42 bits per heavy atom. The molecule has 0 heterocycles. The number of hydrogen-bond acceptors (Lipinski definition) is 4. The fourth-order valence-electron chi connectivity index (χ4n) is 1.12. The van der Waals surface area contributed by atoms with Crippen molar-refractivity contribution in [1.29, 1.82) is 0 Å². The highest BCUT2D eigenvalue weighted by molar-refractivity contribution is 7.99. The lowest BCUT2D eigenvalue weighted by atomic mass is 10.1. The predicted molar refractivity (Wildman–Crippen MR) is 72.5 cm³/mol. The van der Waals surface area contributed by atoms with Crippen molar-refractivity contribution in [2.75, 3.05) is 18.1 Å². The molecule has 0 saturated carbocycles. The van der Waals surface area contributed by atoms with Gasteiger partial charge >= 0.3 is 12.0 Å². The van der Waals surface area contributed by atoms with Gasteiger partial charge in [0.05, 0.1) is 5.75 Å². The number of aliphatic carboxylic acids is 1. The van der Waals surface area contributed by atoms with Crippen molar-refractivity contribution in [3.63, 3.8) is 0 Å². The van der Waals surface area contributed by atoms with E-state index in [0.29, 0.717) is 18.1 Å². The van der Waals surface area contributed by atoms with Gasteiger partial charge in [-0.15, -0.1) is 18.2 Å². The Labute approximate surface area is 115 Å². The first-order chi connectivity index (χ1) is 8.97. The highest BCUT2D eigenvalue weighted by atomic mass is 32.2. The Balaban J connectivity index is 3.94. The Bertz CT molecular complexity index is 367. The van der Waals surface area contributed by atoms with Crippen LogP contribution in [0.3, 0.4) is 0 Å². The number of nitrogens with two attached hydrogens (primary N) is 1. The predicted octanol–water partition coefficient (Wildman–Crippen LogP) is -0.629. The highest BCUT2D eigenvalue weighted by Gasteiger charge is 2.20. The number of thioether (sulfide) groups is 1. The third-order valence-electron chi connectivity index (χ3n) is 2.00. The molecule has 0 bridgehead atoms. The summed E-state index contributed by atoms with van der Waals surface area (Å²) in [4.78, 5) is 32.8. The van der Waals surface area contributed by atoms with Gasteiger partial charge in [0.2, 0.25) is 5.91 Å². The second-order valence-corrected chi connectivity index (χ2v) is 4.66. The molecule has 1 atom stereocenters. The van der Waals surface area contributed by atoms with Crippen molar-refractivity contribution >= 4 is 29.7 Å². The molecule has 0 aliphatic heterocycles. The number of nitrogens with one attached hydrogen (secondary N) is 2. The van der Waals surface area contributed by atoms with E-state index >= 15 is 0 Å². The average Bonchev–Trinajstić information content (AvgIpc) is 2.33. The Morgan fingerprint density at radius 3 is 2.63 bits per heavy atom. The maximum atomic E-state index is 11.4. The first-order valence-corrected chi connectivity index (χ1v) is 6.69. The molecule has 106 valence electrons. The van der Waals surface area contributed by atoms with Gasteiger partial charge in [0.15, 0.2) is 0 Å². The molecule has 5 N–H and O–H groups in total. The molecule has 0 rings (SSSR count). The van der Waals surface area contributed by atoms with E-state index in [0.717, 1.165) is 0 Å². The number of rotatable bonds is 9. The minimum Gasteiger partial charge on any atom is -0.480 e. The first kappa shape index (κ1) is 17.1. The normalized spacial score (nSPS) is 11.1. The molecule has 0 aromatic heterocycles. The Hall–Kier alpha value is -1.88. The van der Waals surface area contributed by atoms with Crippen LogP contribution in [0.1, 0.15) is 12.8 Å². The Morgan fingerprint density at radius 2 is 2.11 bits per heavy atom. The van der Waals surface area contributed by atoms with Gasteiger partial charge in [-0.05, 0) is 6.42 Å². The van der Waals surface area contributed by atoms with Crippen molar-refractivity contribution < 1.29 is 19.5 Å². The van der Waals surface area contributed by atoms with Gasteiger partial charge in [0.1, 0.15) is 6.04 Å². The summed E-state index contributed by atoms with van der Waals surface area (Å²) in [6, 6.07) is -1.73. The quantitative estimate of drug-likeness (QED) is 0.332. The molecule has 0 unspecified atom stereocenters. The van der Waals surface area contributed by atoms with E-state index in [-0.39, 0.29) is 12.8 Å². The number of primary amides is 1.